The van der Waals surface area contributed by atoms with E-state index < -0.39 is 0 Å². The molecule has 3 aromatic rings. The Kier molecular flexibility index (Phi) is 6.29. The first kappa shape index (κ1) is 20.8. The molecule has 0 atom stereocenters. The van der Waals surface area contributed by atoms with Gasteiger partial charge in [-0.2, -0.15) is 0 Å². The molecule has 0 radical (unpaired) electrons. The zero-order valence-electron chi connectivity index (χ0n) is 17.9. The summed E-state index contributed by atoms with van der Waals surface area (Å²) in [6.45, 7) is 5.38. The minimum atomic E-state index is 0.0936. The molecule has 1 aliphatic heterocycles. The summed E-state index contributed by atoms with van der Waals surface area (Å²) in [7, 11) is 3.83. The number of aryl methyl sites for hydroxylation is 1. The molecule has 3 heterocycles. The van der Waals surface area contributed by atoms with Crippen molar-refractivity contribution >= 4 is 33.3 Å². The van der Waals surface area contributed by atoms with E-state index >= 15 is 0 Å². The van der Waals surface area contributed by atoms with Crippen molar-refractivity contribution in [3.05, 3.63) is 42.2 Å². The predicted molar refractivity (Wildman–Crippen MR) is 124 cm³/mol. The standard InChI is InChI=1S/C23H29N5OS/c1-16-25-22(19-13-20(30-23(19)26-16)18-7-5-4-6-8-18)27(3)14-17-9-11-28(12-10-17)15-21(29)24-2/h4-8,13,17H,9-12,14-15H2,1-3H3,(H,24,29). The first-order valence-electron chi connectivity index (χ1n) is 10.5. The minimum Gasteiger partial charge on any atom is -0.359 e. The molecule has 1 fully saturated rings. The Bertz CT molecular complexity index is 1010. The molecule has 158 valence electrons. The van der Waals surface area contributed by atoms with Crippen molar-refractivity contribution in [2.75, 3.05) is 45.2 Å². The van der Waals surface area contributed by atoms with Gasteiger partial charge < -0.3 is 10.2 Å². The first-order valence-corrected chi connectivity index (χ1v) is 11.3. The van der Waals surface area contributed by atoms with Crippen LogP contribution in [0.1, 0.15) is 18.7 Å². The molecule has 1 aromatic carbocycles. The van der Waals surface area contributed by atoms with Crippen molar-refractivity contribution < 1.29 is 4.79 Å². The lowest BCUT2D eigenvalue weighted by Crippen LogP contribution is -2.42. The number of likely N-dealkylation sites (tertiary alicyclic amines) is 1. The maximum Gasteiger partial charge on any atom is 0.233 e. The van der Waals surface area contributed by atoms with Gasteiger partial charge in [-0.15, -0.1) is 11.3 Å². The van der Waals surface area contributed by atoms with Gasteiger partial charge in [0.1, 0.15) is 16.5 Å². The van der Waals surface area contributed by atoms with E-state index in [9.17, 15) is 4.79 Å². The Hall–Kier alpha value is -2.51. The van der Waals surface area contributed by atoms with E-state index in [4.69, 9.17) is 9.97 Å². The summed E-state index contributed by atoms with van der Waals surface area (Å²) in [5.74, 6) is 2.53. The molecule has 0 unspecified atom stereocenters. The number of carbonyl (C=O) groups is 1. The van der Waals surface area contributed by atoms with Crippen LogP contribution in [-0.2, 0) is 4.79 Å². The summed E-state index contributed by atoms with van der Waals surface area (Å²) in [4.78, 5) is 27.9. The molecule has 1 aliphatic rings. The lowest BCUT2D eigenvalue weighted by Gasteiger charge is -2.33. The van der Waals surface area contributed by atoms with Gasteiger partial charge in [-0.25, -0.2) is 9.97 Å². The number of anilines is 1. The molecule has 30 heavy (non-hydrogen) atoms. The monoisotopic (exact) mass is 423 g/mol. The van der Waals surface area contributed by atoms with Gasteiger partial charge in [-0.1, -0.05) is 30.3 Å². The second kappa shape index (κ2) is 9.10. The SMILES string of the molecule is CNC(=O)CN1CCC(CN(C)c2nc(C)nc3sc(-c4ccccc4)cc23)CC1. The van der Waals surface area contributed by atoms with Gasteiger partial charge in [-0.05, 0) is 50.4 Å². The van der Waals surface area contributed by atoms with Crippen molar-refractivity contribution in [2.24, 2.45) is 5.92 Å². The zero-order valence-corrected chi connectivity index (χ0v) is 18.7. The van der Waals surface area contributed by atoms with Gasteiger partial charge in [0.05, 0.1) is 11.9 Å². The minimum absolute atomic E-state index is 0.0936. The number of rotatable bonds is 6. The molecule has 0 aliphatic carbocycles. The smallest absolute Gasteiger partial charge is 0.233 e. The Morgan fingerprint density at radius 2 is 1.97 bits per heavy atom. The quantitative estimate of drug-likeness (QED) is 0.657. The second-order valence-electron chi connectivity index (χ2n) is 8.06. The molecular formula is C23H29N5OS. The van der Waals surface area contributed by atoms with E-state index in [0.717, 1.165) is 54.3 Å². The Morgan fingerprint density at radius 1 is 1.23 bits per heavy atom. The molecule has 6 nitrogen and oxygen atoms in total. The topological polar surface area (TPSA) is 61.4 Å². The Balaban J connectivity index is 1.49. The molecule has 1 N–H and O–H groups in total. The fourth-order valence-electron chi connectivity index (χ4n) is 4.13. The van der Waals surface area contributed by atoms with Crippen LogP contribution in [0.2, 0.25) is 0 Å². The lowest BCUT2D eigenvalue weighted by molar-refractivity contribution is -0.122. The molecular weight excluding hydrogens is 394 g/mol. The Morgan fingerprint density at radius 3 is 2.67 bits per heavy atom. The average Bonchev–Trinajstić information content (AvgIpc) is 3.19. The van der Waals surface area contributed by atoms with Crippen LogP contribution in [0.25, 0.3) is 20.7 Å². The molecule has 4 rings (SSSR count). The highest BCUT2D eigenvalue weighted by atomic mass is 32.1. The van der Waals surface area contributed by atoms with Crippen LogP contribution in [0.4, 0.5) is 5.82 Å². The fraction of sp³-hybridized carbons (Fsp3) is 0.435. The number of nitrogens with one attached hydrogen (secondary N) is 1. The van der Waals surface area contributed by atoms with Gasteiger partial charge in [0, 0.05) is 25.5 Å². The average molecular weight is 424 g/mol. The molecule has 7 heteroatoms. The number of thiophene rings is 1. The van der Waals surface area contributed by atoms with Gasteiger partial charge in [0.15, 0.2) is 0 Å². The molecule has 0 saturated carbocycles. The van der Waals surface area contributed by atoms with Gasteiger partial charge in [0.2, 0.25) is 5.91 Å². The van der Waals surface area contributed by atoms with Crippen molar-refractivity contribution in [1.82, 2.24) is 20.2 Å². The fourth-order valence-corrected chi connectivity index (χ4v) is 5.21. The summed E-state index contributed by atoms with van der Waals surface area (Å²) in [5, 5.41) is 3.84. The third-order valence-corrected chi connectivity index (χ3v) is 6.87. The second-order valence-corrected chi connectivity index (χ2v) is 9.09. The van der Waals surface area contributed by atoms with Crippen LogP contribution in [0.15, 0.2) is 36.4 Å². The molecule has 1 amide bonds. The highest BCUT2D eigenvalue weighted by Crippen LogP contribution is 2.36. The van der Waals surface area contributed by atoms with Gasteiger partial charge in [0.25, 0.3) is 0 Å². The Labute approximate surface area is 181 Å². The third-order valence-electron chi connectivity index (χ3n) is 5.79. The van der Waals surface area contributed by atoms with Crippen LogP contribution < -0.4 is 10.2 Å². The van der Waals surface area contributed by atoms with E-state index in [1.165, 1.54) is 10.4 Å². The maximum absolute atomic E-state index is 11.6. The van der Waals surface area contributed by atoms with Crippen molar-refractivity contribution in [1.29, 1.82) is 0 Å². The summed E-state index contributed by atoms with van der Waals surface area (Å²) < 4.78 is 0. The van der Waals surface area contributed by atoms with Gasteiger partial charge in [-0.3, -0.25) is 9.69 Å². The summed E-state index contributed by atoms with van der Waals surface area (Å²) >= 11 is 1.73. The molecule has 1 saturated heterocycles. The predicted octanol–water partition coefficient (Wildman–Crippen LogP) is 3.56. The normalized spacial score (nSPS) is 15.4. The molecule has 0 spiro atoms. The van der Waals surface area contributed by atoms with Crippen LogP contribution in [0.5, 0.6) is 0 Å². The summed E-state index contributed by atoms with van der Waals surface area (Å²) in [6, 6.07) is 12.7. The van der Waals surface area contributed by atoms with Crippen LogP contribution in [0.3, 0.4) is 0 Å². The van der Waals surface area contributed by atoms with Crippen molar-refractivity contribution in [3.8, 4) is 10.4 Å². The number of aromatic nitrogens is 2. The highest BCUT2D eigenvalue weighted by molar-refractivity contribution is 7.21. The van der Waals surface area contributed by atoms with Crippen LogP contribution >= 0.6 is 11.3 Å². The van der Waals surface area contributed by atoms with E-state index in [1.807, 2.05) is 13.0 Å². The van der Waals surface area contributed by atoms with Crippen LogP contribution in [0, 0.1) is 12.8 Å². The number of likely N-dealkylation sites (N-methyl/N-ethyl adjacent to an activating group) is 1. The number of carbonyl (C=O) groups excluding carboxylic acids is 1. The number of piperidine rings is 1. The third kappa shape index (κ3) is 4.63. The lowest BCUT2D eigenvalue weighted by atomic mass is 9.96. The molecule has 2 aromatic heterocycles. The highest BCUT2D eigenvalue weighted by Gasteiger charge is 2.23. The van der Waals surface area contributed by atoms with E-state index in [0.29, 0.717) is 12.5 Å². The number of hydrogen-bond acceptors (Lipinski definition) is 6. The maximum atomic E-state index is 11.6. The largest absolute Gasteiger partial charge is 0.359 e. The summed E-state index contributed by atoms with van der Waals surface area (Å²) in [6.07, 6.45) is 2.21. The number of benzene rings is 1. The van der Waals surface area contributed by atoms with E-state index in [2.05, 4.69) is 52.5 Å². The van der Waals surface area contributed by atoms with Gasteiger partial charge >= 0.3 is 0 Å². The molecule has 0 bridgehead atoms. The first-order chi connectivity index (χ1) is 14.5. The summed E-state index contributed by atoms with van der Waals surface area (Å²) in [5.41, 5.74) is 1.22. The number of amides is 1. The number of hydrogen-bond donors (Lipinski definition) is 1. The number of nitrogens with zero attached hydrogens (tertiary/aromatic N) is 4. The van der Waals surface area contributed by atoms with E-state index in [-0.39, 0.29) is 5.91 Å². The van der Waals surface area contributed by atoms with Crippen molar-refractivity contribution in [2.45, 2.75) is 19.8 Å². The van der Waals surface area contributed by atoms with Crippen molar-refractivity contribution in [3.63, 3.8) is 0 Å². The zero-order chi connectivity index (χ0) is 21.1. The number of fused-ring (bicyclic) bond motifs is 1. The van der Waals surface area contributed by atoms with E-state index in [1.54, 1.807) is 18.4 Å². The van der Waals surface area contributed by atoms with Crippen LogP contribution in [-0.4, -0.2) is 61.0 Å².